The van der Waals surface area contributed by atoms with Gasteiger partial charge in [-0.25, -0.2) is 4.98 Å². The van der Waals surface area contributed by atoms with Crippen molar-refractivity contribution in [3.8, 4) is 5.75 Å². The lowest BCUT2D eigenvalue weighted by Crippen LogP contribution is -2.19. The molecular weight excluding hydrogens is 273 g/mol. The van der Waals surface area contributed by atoms with Crippen molar-refractivity contribution in [3.05, 3.63) is 42.0 Å². The molecule has 108 valence electrons. The van der Waals surface area contributed by atoms with E-state index >= 15 is 0 Å². The van der Waals surface area contributed by atoms with Crippen LogP contribution in [0.2, 0.25) is 0 Å². The Morgan fingerprint density at radius 3 is 2.75 bits per heavy atom. The van der Waals surface area contributed by atoms with Crippen molar-refractivity contribution in [1.29, 1.82) is 0 Å². The van der Waals surface area contributed by atoms with E-state index in [1.807, 2.05) is 11.9 Å². The summed E-state index contributed by atoms with van der Waals surface area (Å²) in [5, 5.41) is 6.45. The summed E-state index contributed by atoms with van der Waals surface area (Å²) in [5.74, 6) is 0.471. The minimum absolute atomic E-state index is 0.219. The normalized spacial score (nSPS) is 11.8. The third kappa shape index (κ3) is 4.54. The summed E-state index contributed by atoms with van der Waals surface area (Å²) in [4.78, 5) is 5.88. The van der Waals surface area contributed by atoms with Gasteiger partial charge in [-0.3, -0.25) is 10.00 Å². The van der Waals surface area contributed by atoms with Crippen LogP contribution in [0.5, 0.6) is 5.75 Å². The number of H-pyrrole nitrogens is 1. The van der Waals surface area contributed by atoms with Gasteiger partial charge in [0.25, 0.3) is 0 Å². The molecular formula is C12H13F3N4O. The predicted molar refractivity (Wildman–Crippen MR) is 64.7 cm³/mol. The van der Waals surface area contributed by atoms with Gasteiger partial charge in [0, 0.05) is 6.54 Å². The number of nitrogens with one attached hydrogen (secondary N) is 1. The Morgan fingerprint density at radius 1 is 1.30 bits per heavy atom. The number of nitrogens with zero attached hydrogens (tertiary/aromatic N) is 3. The topological polar surface area (TPSA) is 54.0 Å². The minimum Gasteiger partial charge on any atom is -0.406 e. The van der Waals surface area contributed by atoms with E-state index in [1.54, 1.807) is 6.07 Å². The molecule has 0 unspecified atom stereocenters. The Labute approximate surface area is 113 Å². The van der Waals surface area contributed by atoms with E-state index in [-0.39, 0.29) is 5.75 Å². The van der Waals surface area contributed by atoms with Crippen LogP contribution in [-0.4, -0.2) is 33.5 Å². The highest BCUT2D eigenvalue weighted by Crippen LogP contribution is 2.23. The van der Waals surface area contributed by atoms with Crippen molar-refractivity contribution in [2.24, 2.45) is 0 Å². The predicted octanol–water partition coefficient (Wildman–Crippen LogP) is 2.34. The highest BCUT2D eigenvalue weighted by Gasteiger charge is 2.31. The average molecular weight is 286 g/mol. The zero-order valence-electron chi connectivity index (χ0n) is 10.7. The SMILES string of the molecule is CN(Cc1cccc(OC(F)(F)F)c1)Cc1ncn[nH]1. The molecule has 0 amide bonds. The van der Waals surface area contributed by atoms with Gasteiger partial charge >= 0.3 is 6.36 Å². The summed E-state index contributed by atoms with van der Waals surface area (Å²) >= 11 is 0. The van der Waals surface area contributed by atoms with Crippen LogP contribution in [0, 0.1) is 0 Å². The summed E-state index contributed by atoms with van der Waals surface area (Å²) in [5.41, 5.74) is 0.716. The number of halogens is 3. The Kier molecular flexibility index (Phi) is 4.23. The molecule has 1 aromatic carbocycles. The van der Waals surface area contributed by atoms with E-state index in [0.717, 1.165) is 0 Å². The number of hydrogen-bond donors (Lipinski definition) is 1. The van der Waals surface area contributed by atoms with Crippen molar-refractivity contribution >= 4 is 0 Å². The quantitative estimate of drug-likeness (QED) is 0.916. The first kappa shape index (κ1) is 14.3. The maximum atomic E-state index is 12.1. The summed E-state index contributed by atoms with van der Waals surface area (Å²) in [6.45, 7) is 0.986. The molecule has 1 N–H and O–H groups in total. The number of alkyl halides is 3. The number of ether oxygens (including phenoxy) is 1. The lowest BCUT2D eigenvalue weighted by atomic mass is 10.2. The molecule has 0 aliphatic carbocycles. The maximum absolute atomic E-state index is 12.1. The molecule has 0 saturated carbocycles. The molecule has 8 heteroatoms. The van der Waals surface area contributed by atoms with E-state index in [0.29, 0.717) is 24.5 Å². The smallest absolute Gasteiger partial charge is 0.406 e. The van der Waals surface area contributed by atoms with E-state index in [4.69, 9.17) is 0 Å². The molecule has 0 aliphatic heterocycles. The van der Waals surface area contributed by atoms with Crippen LogP contribution in [0.15, 0.2) is 30.6 Å². The van der Waals surface area contributed by atoms with Gasteiger partial charge in [0.2, 0.25) is 0 Å². The first-order valence-corrected chi connectivity index (χ1v) is 5.80. The van der Waals surface area contributed by atoms with Crippen molar-refractivity contribution in [3.63, 3.8) is 0 Å². The summed E-state index contributed by atoms with van der Waals surface area (Å²) in [6.07, 6.45) is -3.27. The molecule has 0 aliphatic rings. The van der Waals surface area contributed by atoms with Crippen LogP contribution in [0.4, 0.5) is 13.2 Å². The molecule has 0 bridgehead atoms. The molecule has 5 nitrogen and oxygen atoms in total. The van der Waals surface area contributed by atoms with Crippen LogP contribution in [0.3, 0.4) is 0 Å². The Bertz CT molecular complexity index is 542. The monoisotopic (exact) mass is 286 g/mol. The molecule has 20 heavy (non-hydrogen) atoms. The standard InChI is InChI=1S/C12H13F3N4O/c1-19(7-11-16-8-17-18-11)6-9-3-2-4-10(5-9)20-12(13,14)15/h2-5,8H,6-7H2,1H3,(H,16,17,18). The summed E-state index contributed by atoms with van der Waals surface area (Å²) in [7, 11) is 1.83. The third-order valence-corrected chi connectivity index (χ3v) is 2.47. The molecule has 1 heterocycles. The zero-order chi connectivity index (χ0) is 14.6. The highest BCUT2D eigenvalue weighted by molar-refractivity contribution is 5.28. The van der Waals surface area contributed by atoms with Gasteiger partial charge in [-0.15, -0.1) is 13.2 Å². The van der Waals surface area contributed by atoms with Crippen molar-refractivity contribution in [1.82, 2.24) is 20.1 Å². The molecule has 0 saturated heterocycles. The maximum Gasteiger partial charge on any atom is 0.573 e. The van der Waals surface area contributed by atoms with E-state index < -0.39 is 6.36 Å². The Morgan fingerprint density at radius 2 is 2.10 bits per heavy atom. The molecule has 0 atom stereocenters. The lowest BCUT2D eigenvalue weighted by molar-refractivity contribution is -0.274. The van der Waals surface area contributed by atoms with Gasteiger partial charge < -0.3 is 4.74 Å². The fourth-order valence-electron chi connectivity index (χ4n) is 1.77. The average Bonchev–Trinajstić information content (AvgIpc) is 2.79. The molecule has 2 aromatic rings. The molecule has 1 aromatic heterocycles. The fourth-order valence-corrected chi connectivity index (χ4v) is 1.77. The number of aromatic amines is 1. The number of rotatable bonds is 5. The number of hydrogen-bond acceptors (Lipinski definition) is 4. The minimum atomic E-state index is -4.68. The molecule has 0 fully saturated rings. The van der Waals surface area contributed by atoms with Gasteiger partial charge in [0.1, 0.15) is 17.9 Å². The molecule has 2 rings (SSSR count). The van der Waals surface area contributed by atoms with Crippen molar-refractivity contribution in [2.75, 3.05) is 7.05 Å². The summed E-state index contributed by atoms with van der Waals surface area (Å²) in [6, 6.07) is 5.90. The summed E-state index contributed by atoms with van der Waals surface area (Å²) < 4.78 is 40.3. The van der Waals surface area contributed by atoms with E-state index in [1.165, 1.54) is 24.5 Å². The largest absolute Gasteiger partial charge is 0.573 e. The third-order valence-electron chi connectivity index (χ3n) is 2.47. The lowest BCUT2D eigenvalue weighted by Gasteiger charge is -2.16. The number of aromatic nitrogens is 3. The first-order chi connectivity index (χ1) is 9.42. The van der Waals surface area contributed by atoms with Crippen molar-refractivity contribution in [2.45, 2.75) is 19.5 Å². The van der Waals surface area contributed by atoms with Gasteiger partial charge in [0.15, 0.2) is 0 Å². The van der Waals surface area contributed by atoms with Gasteiger partial charge in [-0.2, -0.15) is 5.10 Å². The number of benzene rings is 1. The van der Waals surface area contributed by atoms with Crippen LogP contribution in [0.1, 0.15) is 11.4 Å². The van der Waals surface area contributed by atoms with Crippen LogP contribution in [0.25, 0.3) is 0 Å². The van der Waals surface area contributed by atoms with Gasteiger partial charge in [0.05, 0.1) is 6.54 Å². The van der Waals surface area contributed by atoms with Crippen LogP contribution < -0.4 is 4.74 Å². The first-order valence-electron chi connectivity index (χ1n) is 5.80. The van der Waals surface area contributed by atoms with Crippen LogP contribution >= 0.6 is 0 Å². The second kappa shape index (κ2) is 5.91. The van der Waals surface area contributed by atoms with E-state index in [2.05, 4.69) is 19.9 Å². The van der Waals surface area contributed by atoms with Gasteiger partial charge in [-0.05, 0) is 24.7 Å². The second-order valence-electron chi connectivity index (χ2n) is 4.30. The fraction of sp³-hybridized carbons (Fsp3) is 0.333. The molecule has 0 radical (unpaired) electrons. The Hall–Kier alpha value is -2.09. The zero-order valence-corrected chi connectivity index (χ0v) is 10.7. The highest BCUT2D eigenvalue weighted by atomic mass is 19.4. The van der Waals surface area contributed by atoms with Crippen molar-refractivity contribution < 1.29 is 17.9 Å². The van der Waals surface area contributed by atoms with Crippen LogP contribution in [-0.2, 0) is 13.1 Å². The van der Waals surface area contributed by atoms with Gasteiger partial charge in [-0.1, -0.05) is 12.1 Å². The second-order valence-corrected chi connectivity index (χ2v) is 4.30. The molecule has 0 spiro atoms. The van der Waals surface area contributed by atoms with E-state index in [9.17, 15) is 13.2 Å². The Balaban J connectivity index is 1.97.